The van der Waals surface area contributed by atoms with Gasteiger partial charge in [-0.15, -0.1) is 10.1 Å². The summed E-state index contributed by atoms with van der Waals surface area (Å²) in [5, 5.41) is 13.6. The van der Waals surface area contributed by atoms with Gasteiger partial charge >= 0.3 is 103 Å². The van der Waals surface area contributed by atoms with E-state index in [4.69, 9.17) is 34.0 Å². The standard InChI is InChI=1S/ClHO4.2K.HNO3.H3N.2H/c2-1(3,4)5;;;2-1(3)4;;;/h(H,2,3,4,5);;;(H,2,3,4);1H3;;/q;2*+1;;;2*-1. The maximum absolute atomic E-state index is 8.60. The van der Waals surface area contributed by atoms with E-state index in [1.165, 1.54) is 0 Å². The van der Waals surface area contributed by atoms with E-state index in [2.05, 4.69) is 0 Å². The molecule has 0 aliphatic heterocycles. The van der Waals surface area contributed by atoms with E-state index in [0.29, 0.717) is 0 Å². The Bertz CT molecular complexity index is 90.2. The second-order valence-corrected chi connectivity index (χ2v) is 1.43. The van der Waals surface area contributed by atoms with E-state index in [-0.39, 0.29) is 112 Å². The molecule has 0 rings (SSSR count). The van der Waals surface area contributed by atoms with E-state index < -0.39 is 15.3 Å². The van der Waals surface area contributed by atoms with Gasteiger partial charge in [-0.1, -0.05) is 0 Å². The molecule has 12 heteroatoms. The molecule has 12 heavy (non-hydrogen) atoms. The molecule has 0 aliphatic carbocycles. The monoisotopic (exact) mass is 260 g/mol. The molecule has 0 bridgehead atoms. The Balaban J connectivity index is -0.0000000104. The van der Waals surface area contributed by atoms with Crippen LogP contribution < -0.4 is 123 Å². The minimum Gasteiger partial charge on any atom is -1.00 e. The normalized spacial score (nSPS) is 7.00. The second kappa shape index (κ2) is 16.0. The Kier molecular flexibility index (Phi) is 39.1. The first-order valence-corrected chi connectivity index (χ1v) is 2.46. The van der Waals surface area contributed by atoms with Crippen LogP contribution in [0.3, 0.4) is 0 Å². The third-order valence-corrected chi connectivity index (χ3v) is 0. The molecule has 0 heterocycles. The molecule has 0 saturated carbocycles. The van der Waals surface area contributed by atoms with Crippen molar-refractivity contribution in [1.29, 1.82) is 0 Å². The average Bonchev–Trinajstić information content (AvgIpc) is 1.19. The van der Waals surface area contributed by atoms with Crippen molar-refractivity contribution < 1.29 is 145 Å². The maximum atomic E-state index is 8.60. The van der Waals surface area contributed by atoms with Crippen LogP contribution in [0.15, 0.2) is 0 Å². The summed E-state index contributed by atoms with van der Waals surface area (Å²) >= 11 is 0. The first kappa shape index (κ1) is 29.3. The smallest absolute Gasteiger partial charge is 1.00 e. The van der Waals surface area contributed by atoms with E-state index >= 15 is 0 Å². The molecule has 5 N–H and O–H groups in total. The zero-order chi connectivity index (χ0) is 8.08. The Hall–Kier alpha value is 2.56. The molecule has 0 aliphatic rings. The van der Waals surface area contributed by atoms with Gasteiger partial charge in [-0.25, -0.2) is 0 Å². The molecular formula is H7ClK2N2O7. The molecular weight excluding hydrogens is 254 g/mol. The fourth-order valence-electron chi connectivity index (χ4n) is 0. The number of halogens is 1. The molecule has 0 saturated heterocycles. The summed E-state index contributed by atoms with van der Waals surface area (Å²) < 4.78 is 32.7. The number of hydrogen-bond acceptors (Lipinski definition) is 7. The Morgan fingerprint density at radius 3 is 1.25 bits per heavy atom. The van der Waals surface area contributed by atoms with Crippen LogP contribution >= 0.6 is 0 Å². The molecule has 0 aromatic carbocycles. The van der Waals surface area contributed by atoms with Gasteiger partial charge < -0.3 is 14.2 Å². The van der Waals surface area contributed by atoms with Crippen LogP contribution in [-0.2, 0) is 0 Å². The molecule has 9 nitrogen and oxygen atoms in total. The van der Waals surface area contributed by atoms with Gasteiger partial charge in [-0.3, -0.25) is 0 Å². The van der Waals surface area contributed by atoms with Gasteiger partial charge in [-0.05, 0) is 0 Å². The van der Waals surface area contributed by atoms with Gasteiger partial charge in [0.15, 0.2) is 0 Å². The first-order chi connectivity index (χ1) is 3.73. The zero-order valence-electron chi connectivity index (χ0n) is 8.47. The number of nitrogens with zero attached hydrogens (tertiary/aromatic N) is 1. The van der Waals surface area contributed by atoms with Gasteiger partial charge in [0.05, 0.1) is 14.9 Å². The van der Waals surface area contributed by atoms with Crippen LogP contribution in [0.25, 0.3) is 0 Å². The van der Waals surface area contributed by atoms with Crippen molar-refractivity contribution in [1.82, 2.24) is 6.15 Å². The summed E-state index contributed by atoms with van der Waals surface area (Å²) in [6.07, 6.45) is 0. The second-order valence-electron chi connectivity index (χ2n) is 0.634. The molecule has 0 atom stereocenters. The molecule has 0 aromatic heterocycles. The minimum atomic E-state index is -4.69. The predicted octanol–water partition coefficient (Wildman–Crippen LogP) is -10.1. The van der Waals surface area contributed by atoms with Crippen LogP contribution in [0.4, 0.5) is 0 Å². The van der Waals surface area contributed by atoms with Crippen LogP contribution in [0, 0.1) is 20.4 Å². The van der Waals surface area contributed by atoms with Crippen LogP contribution in [0.2, 0.25) is 0 Å². The number of rotatable bonds is 0. The van der Waals surface area contributed by atoms with E-state index in [9.17, 15) is 0 Å². The summed E-state index contributed by atoms with van der Waals surface area (Å²) in [6, 6.07) is 0. The van der Waals surface area contributed by atoms with Crippen molar-refractivity contribution in [2.75, 3.05) is 0 Å². The summed E-state index contributed by atoms with van der Waals surface area (Å²) in [4.78, 5) is 8.36. The Labute approximate surface area is 157 Å². The average molecular weight is 261 g/mol. The van der Waals surface area contributed by atoms with E-state index in [0.717, 1.165) is 0 Å². The third kappa shape index (κ3) is 256. The summed E-state index contributed by atoms with van der Waals surface area (Å²) in [5.41, 5.74) is 0. The van der Waals surface area contributed by atoms with Crippen molar-refractivity contribution in [2.24, 2.45) is 0 Å². The topological polar surface area (TPSA) is 188 Å². The molecule has 0 spiro atoms. The van der Waals surface area contributed by atoms with Gasteiger partial charge in [-0.2, -0.15) is 14.0 Å². The van der Waals surface area contributed by atoms with Crippen LogP contribution in [0.1, 0.15) is 2.85 Å². The molecule has 0 radical (unpaired) electrons. The van der Waals surface area contributed by atoms with Gasteiger partial charge in [0.1, 0.15) is 0 Å². The predicted molar refractivity (Wildman–Crippen MR) is 18.2 cm³/mol. The van der Waals surface area contributed by atoms with Crippen molar-refractivity contribution in [3.8, 4) is 0 Å². The van der Waals surface area contributed by atoms with Crippen LogP contribution in [-0.4, -0.2) is 15.0 Å². The third-order valence-electron chi connectivity index (χ3n) is 0. The summed E-state index contributed by atoms with van der Waals surface area (Å²) in [5.74, 6) is 0. The quantitative estimate of drug-likeness (QED) is 0.217. The minimum absolute atomic E-state index is 0. The summed E-state index contributed by atoms with van der Waals surface area (Å²) in [7, 11) is -4.69. The van der Waals surface area contributed by atoms with E-state index in [1.807, 2.05) is 0 Å². The SMILES string of the molecule is N.O=[N+]([O-])O.[H-].[H-].[K+].[K+].[O-][Cl+3]([O-])([O-])O. The van der Waals surface area contributed by atoms with Gasteiger partial charge in [0.25, 0.3) is 5.09 Å². The molecule has 0 amide bonds. The van der Waals surface area contributed by atoms with Crippen molar-refractivity contribution in [3.63, 3.8) is 0 Å². The fraction of sp³-hybridized carbons (Fsp3) is 0. The van der Waals surface area contributed by atoms with Crippen molar-refractivity contribution >= 4 is 0 Å². The maximum Gasteiger partial charge on any atom is 1.00 e. The Morgan fingerprint density at radius 1 is 1.25 bits per heavy atom. The number of hydrogen-bond donors (Lipinski definition) is 3. The van der Waals surface area contributed by atoms with Crippen molar-refractivity contribution in [2.45, 2.75) is 0 Å². The first-order valence-electron chi connectivity index (χ1n) is 1.20. The Morgan fingerprint density at radius 2 is 1.25 bits per heavy atom. The molecule has 68 valence electrons. The zero-order valence-corrected chi connectivity index (χ0v) is 13.5. The summed E-state index contributed by atoms with van der Waals surface area (Å²) in [6.45, 7) is 0. The van der Waals surface area contributed by atoms with E-state index in [1.54, 1.807) is 0 Å². The molecule has 0 aromatic rings. The van der Waals surface area contributed by atoms with Gasteiger partial charge in [0, 0.05) is 0 Å². The fourth-order valence-corrected chi connectivity index (χ4v) is 0. The molecule has 0 unspecified atom stereocenters. The van der Waals surface area contributed by atoms with Crippen molar-refractivity contribution in [3.05, 3.63) is 10.1 Å². The van der Waals surface area contributed by atoms with Crippen LogP contribution in [0.5, 0.6) is 0 Å². The largest absolute Gasteiger partial charge is 1.00 e. The molecule has 0 fully saturated rings. The van der Waals surface area contributed by atoms with Gasteiger partial charge in [0.2, 0.25) is 0 Å².